The molecule has 2 aliphatic heterocycles. The predicted octanol–water partition coefficient (Wildman–Crippen LogP) is 2.84. The molecule has 0 aromatic heterocycles. The van der Waals surface area contributed by atoms with E-state index in [0.717, 1.165) is 34.6 Å². The third kappa shape index (κ3) is 3.34. The molecule has 2 aliphatic rings. The lowest BCUT2D eigenvalue weighted by Crippen LogP contribution is -2.43. The van der Waals surface area contributed by atoms with Gasteiger partial charge in [-0.25, -0.2) is 4.79 Å². The van der Waals surface area contributed by atoms with Gasteiger partial charge >= 0.3 is 6.03 Å². The van der Waals surface area contributed by atoms with Crippen molar-refractivity contribution in [2.75, 3.05) is 26.8 Å². The van der Waals surface area contributed by atoms with Gasteiger partial charge in [-0.1, -0.05) is 13.0 Å². The van der Waals surface area contributed by atoms with Gasteiger partial charge in [-0.2, -0.15) is 0 Å². The molecule has 0 saturated heterocycles. The lowest BCUT2D eigenvalue weighted by molar-refractivity contribution is -0.123. The molecule has 134 valence electrons. The Balaban J connectivity index is 1.64. The maximum absolute atomic E-state index is 12.4. The monoisotopic (exact) mass is 344 g/mol. The molecule has 1 aromatic carbocycles. The Kier molecular flexibility index (Phi) is 4.97. The van der Waals surface area contributed by atoms with Crippen LogP contribution in [0.3, 0.4) is 0 Å². The minimum absolute atomic E-state index is 0.163. The van der Waals surface area contributed by atoms with E-state index in [2.05, 4.69) is 5.32 Å². The lowest BCUT2D eigenvalue weighted by atomic mass is 9.93. The molecule has 2 heterocycles. The van der Waals surface area contributed by atoms with Crippen LogP contribution in [0, 0.1) is 0 Å². The first-order valence-corrected chi connectivity index (χ1v) is 8.64. The average molecular weight is 344 g/mol. The van der Waals surface area contributed by atoms with E-state index in [0.29, 0.717) is 26.1 Å². The summed E-state index contributed by atoms with van der Waals surface area (Å²) in [5, 5.41) is 2.91. The van der Waals surface area contributed by atoms with E-state index in [4.69, 9.17) is 9.47 Å². The van der Waals surface area contributed by atoms with Gasteiger partial charge in [0.05, 0.1) is 20.3 Å². The van der Waals surface area contributed by atoms with Gasteiger partial charge in [0.25, 0.3) is 5.91 Å². The van der Waals surface area contributed by atoms with Gasteiger partial charge in [0, 0.05) is 24.1 Å². The zero-order valence-electron chi connectivity index (χ0n) is 14.9. The van der Waals surface area contributed by atoms with E-state index in [-0.39, 0.29) is 17.9 Å². The van der Waals surface area contributed by atoms with Crippen molar-refractivity contribution in [1.82, 2.24) is 10.2 Å². The Bertz CT molecular complexity index is 726. The van der Waals surface area contributed by atoms with Crippen molar-refractivity contribution in [2.45, 2.75) is 32.6 Å². The Labute approximate surface area is 147 Å². The second-order valence-corrected chi connectivity index (χ2v) is 6.43. The molecule has 3 rings (SSSR count). The van der Waals surface area contributed by atoms with E-state index in [1.165, 1.54) is 4.90 Å². The van der Waals surface area contributed by atoms with E-state index in [9.17, 15) is 9.59 Å². The molecular weight excluding hydrogens is 320 g/mol. The predicted molar refractivity (Wildman–Crippen MR) is 93.9 cm³/mol. The molecule has 0 spiro atoms. The molecule has 3 amide bonds. The van der Waals surface area contributed by atoms with Crippen molar-refractivity contribution in [3.63, 3.8) is 0 Å². The largest absolute Gasteiger partial charge is 0.497 e. The minimum atomic E-state index is -0.325. The van der Waals surface area contributed by atoms with Crippen LogP contribution in [0.4, 0.5) is 4.79 Å². The number of imide groups is 1. The van der Waals surface area contributed by atoms with Crippen LogP contribution < -0.4 is 14.8 Å². The number of carbonyl (C=O) groups excluding carboxylic acids is 2. The molecule has 6 nitrogen and oxygen atoms in total. The number of nitrogens with one attached hydrogen (secondary N) is 1. The third-order valence-electron chi connectivity index (χ3n) is 4.90. The SMILES string of the molecule is CCC1=C(C)CN(C(=O)NCC2CCOc3cc(OC)ccc32)C1=O. The fourth-order valence-corrected chi connectivity index (χ4v) is 3.46. The molecule has 0 fully saturated rings. The van der Waals surface area contributed by atoms with Crippen molar-refractivity contribution in [1.29, 1.82) is 0 Å². The van der Waals surface area contributed by atoms with E-state index < -0.39 is 0 Å². The van der Waals surface area contributed by atoms with Crippen LogP contribution >= 0.6 is 0 Å². The fraction of sp³-hybridized carbons (Fsp3) is 0.474. The highest BCUT2D eigenvalue weighted by atomic mass is 16.5. The normalized spacial score (nSPS) is 19.6. The average Bonchev–Trinajstić information content (AvgIpc) is 2.92. The van der Waals surface area contributed by atoms with Gasteiger partial charge in [0.1, 0.15) is 11.5 Å². The zero-order valence-corrected chi connectivity index (χ0v) is 14.9. The number of carbonyl (C=O) groups is 2. The van der Waals surface area contributed by atoms with Crippen LogP contribution in [0.15, 0.2) is 29.3 Å². The number of fused-ring (bicyclic) bond motifs is 1. The van der Waals surface area contributed by atoms with Crippen LogP contribution in [0.2, 0.25) is 0 Å². The number of hydrogen-bond acceptors (Lipinski definition) is 4. The molecule has 1 aromatic rings. The van der Waals surface area contributed by atoms with E-state index in [1.807, 2.05) is 32.0 Å². The molecular formula is C19H24N2O4. The van der Waals surface area contributed by atoms with Crippen LogP contribution in [-0.4, -0.2) is 43.6 Å². The van der Waals surface area contributed by atoms with Crippen molar-refractivity contribution in [3.05, 3.63) is 34.9 Å². The van der Waals surface area contributed by atoms with Crippen LogP contribution in [0.5, 0.6) is 11.5 Å². The number of nitrogens with zero attached hydrogens (tertiary/aromatic N) is 1. The number of methoxy groups -OCH3 is 1. The molecule has 0 saturated carbocycles. The number of benzene rings is 1. The number of rotatable bonds is 4. The summed E-state index contributed by atoms with van der Waals surface area (Å²) in [6.45, 7) is 5.31. The standard InChI is InChI=1S/C19H24N2O4/c1-4-15-12(2)11-21(18(15)22)19(23)20-10-13-7-8-25-17-9-14(24-3)5-6-16(13)17/h5-6,9,13H,4,7-8,10-11H2,1-3H3,(H,20,23). The van der Waals surface area contributed by atoms with Gasteiger partial charge in [-0.05, 0) is 37.0 Å². The molecule has 0 radical (unpaired) electrons. The summed E-state index contributed by atoms with van der Waals surface area (Å²) in [6, 6.07) is 5.42. The molecule has 25 heavy (non-hydrogen) atoms. The Hall–Kier alpha value is -2.50. The summed E-state index contributed by atoms with van der Waals surface area (Å²) in [5.74, 6) is 1.54. The molecule has 0 aliphatic carbocycles. The van der Waals surface area contributed by atoms with Crippen LogP contribution in [0.25, 0.3) is 0 Å². The van der Waals surface area contributed by atoms with Gasteiger partial charge in [0.2, 0.25) is 0 Å². The molecule has 1 N–H and O–H groups in total. The van der Waals surface area contributed by atoms with Gasteiger partial charge in [-0.15, -0.1) is 0 Å². The second-order valence-electron chi connectivity index (χ2n) is 6.43. The van der Waals surface area contributed by atoms with Gasteiger partial charge in [-0.3, -0.25) is 9.69 Å². The highest BCUT2D eigenvalue weighted by Crippen LogP contribution is 2.35. The van der Waals surface area contributed by atoms with E-state index >= 15 is 0 Å². The summed E-state index contributed by atoms with van der Waals surface area (Å²) in [6.07, 6.45) is 1.48. The maximum Gasteiger partial charge on any atom is 0.324 e. The van der Waals surface area contributed by atoms with Crippen molar-refractivity contribution in [3.8, 4) is 11.5 Å². The smallest absolute Gasteiger partial charge is 0.324 e. The Morgan fingerprint density at radius 3 is 2.92 bits per heavy atom. The number of urea groups is 1. The number of hydrogen-bond donors (Lipinski definition) is 1. The van der Waals surface area contributed by atoms with Gasteiger partial charge < -0.3 is 14.8 Å². The van der Waals surface area contributed by atoms with Crippen LogP contribution in [-0.2, 0) is 4.79 Å². The minimum Gasteiger partial charge on any atom is -0.497 e. The fourth-order valence-electron chi connectivity index (χ4n) is 3.46. The third-order valence-corrected chi connectivity index (χ3v) is 4.90. The van der Waals surface area contributed by atoms with Crippen molar-refractivity contribution >= 4 is 11.9 Å². The summed E-state index contributed by atoms with van der Waals surface area (Å²) in [4.78, 5) is 26.0. The topological polar surface area (TPSA) is 67.9 Å². The maximum atomic E-state index is 12.4. The Morgan fingerprint density at radius 2 is 2.24 bits per heavy atom. The highest BCUT2D eigenvalue weighted by Gasteiger charge is 2.32. The summed E-state index contributed by atoms with van der Waals surface area (Å²) in [5.41, 5.74) is 2.79. The summed E-state index contributed by atoms with van der Waals surface area (Å²) >= 11 is 0. The Morgan fingerprint density at radius 1 is 1.44 bits per heavy atom. The quantitative estimate of drug-likeness (QED) is 0.912. The summed E-state index contributed by atoms with van der Waals surface area (Å²) in [7, 11) is 1.62. The molecule has 6 heteroatoms. The van der Waals surface area contributed by atoms with Gasteiger partial charge in [0.15, 0.2) is 0 Å². The summed E-state index contributed by atoms with van der Waals surface area (Å²) < 4.78 is 10.9. The zero-order chi connectivity index (χ0) is 18.0. The first-order chi connectivity index (χ1) is 12.0. The van der Waals surface area contributed by atoms with Crippen molar-refractivity contribution < 1.29 is 19.1 Å². The van der Waals surface area contributed by atoms with Crippen molar-refractivity contribution in [2.24, 2.45) is 0 Å². The molecule has 0 bridgehead atoms. The molecule has 1 unspecified atom stereocenters. The van der Waals surface area contributed by atoms with Crippen LogP contribution in [0.1, 0.15) is 38.2 Å². The highest BCUT2D eigenvalue weighted by molar-refractivity contribution is 6.06. The first-order valence-electron chi connectivity index (χ1n) is 8.64. The lowest BCUT2D eigenvalue weighted by Gasteiger charge is -2.27. The second kappa shape index (κ2) is 7.17. The number of amides is 3. The number of ether oxygens (including phenoxy) is 2. The van der Waals surface area contributed by atoms with E-state index in [1.54, 1.807) is 7.11 Å². The molecule has 1 atom stereocenters. The first kappa shape index (κ1) is 17.3.